The first-order chi connectivity index (χ1) is 12.6. The van der Waals surface area contributed by atoms with Crippen molar-refractivity contribution in [3.63, 3.8) is 0 Å². The number of thioether (sulfide) groups is 1. The highest BCUT2D eigenvalue weighted by molar-refractivity contribution is 7.99. The zero-order chi connectivity index (χ0) is 18.4. The third-order valence-corrected chi connectivity index (χ3v) is 4.52. The van der Waals surface area contributed by atoms with Gasteiger partial charge in [0, 0.05) is 6.07 Å². The fourth-order valence-corrected chi connectivity index (χ4v) is 3.20. The van der Waals surface area contributed by atoms with Crippen LogP contribution in [0.4, 0.5) is 5.82 Å². The van der Waals surface area contributed by atoms with E-state index in [0.29, 0.717) is 5.16 Å². The lowest BCUT2D eigenvalue weighted by Gasteiger charge is -2.19. The van der Waals surface area contributed by atoms with Crippen LogP contribution in [0.25, 0.3) is 0 Å². The van der Waals surface area contributed by atoms with Crippen molar-refractivity contribution in [3.05, 3.63) is 88.2 Å². The van der Waals surface area contributed by atoms with E-state index in [1.54, 1.807) is 0 Å². The summed E-state index contributed by atoms with van der Waals surface area (Å²) in [7, 11) is 0. The third-order valence-electron chi connectivity index (χ3n) is 3.65. The Hall–Kier alpha value is -3.06. The molecule has 0 saturated carbocycles. The van der Waals surface area contributed by atoms with Gasteiger partial charge in [0.1, 0.15) is 5.82 Å². The predicted octanol–water partition coefficient (Wildman–Crippen LogP) is 2.35. The van der Waals surface area contributed by atoms with Gasteiger partial charge in [-0.2, -0.15) is 0 Å². The van der Waals surface area contributed by atoms with Gasteiger partial charge in [-0.15, -0.1) is 0 Å². The second-order valence-corrected chi connectivity index (χ2v) is 6.55. The minimum Gasteiger partial charge on any atom is -0.383 e. The third kappa shape index (κ3) is 4.73. The molecule has 0 aliphatic rings. The van der Waals surface area contributed by atoms with Crippen molar-refractivity contribution in [2.24, 2.45) is 0 Å². The minimum atomic E-state index is -0.341. The minimum absolute atomic E-state index is 0.114. The molecule has 4 N–H and O–H groups in total. The highest BCUT2D eigenvalue weighted by Gasteiger charge is 2.17. The molecule has 3 aromatic rings. The maximum Gasteiger partial charge on any atom is 0.253 e. The lowest BCUT2D eigenvalue weighted by Crippen LogP contribution is -2.30. The summed E-state index contributed by atoms with van der Waals surface area (Å²) in [6.07, 6.45) is 0. The summed E-state index contributed by atoms with van der Waals surface area (Å²) in [5.41, 5.74) is 7.20. The van der Waals surface area contributed by atoms with Gasteiger partial charge in [0.05, 0.1) is 11.8 Å². The molecule has 7 heteroatoms. The van der Waals surface area contributed by atoms with Crippen molar-refractivity contribution in [1.29, 1.82) is 0 Å². The van der Waals surface area contributed by atoms with Gasteiger partial charge in [-0.1, -0.05) is 72.4 Å². The lowest BCUT2D eigenvalue weighted by atomic mass is 9.99. The van der Waals surface area contributed by atoms with E-state index in [-0.39, 0.29) is 29.1 Å². The lowest BCUT2D eigenvalue weighted by molar-refractivity contribution is -0.119. The smallest absolute Gasteiger partial charge is 0.253 e. The van der Waals surface area contributed by atoms with Crippen LogP contribution in [0.3, 0.4) is 0 Å². The van der Waals surface area contributed by atoms with Gasteiger partial charge in [-0.3, -0.25) is 9.59 Å². The monoisotopic (exact) mass is 366 g/mol. The number of amides is 1. The zero-order valence-corrected chi connectivity index (χ0v) is 14.7. The normalized spacial score (nSPS) is 10.7. The second kappa shape index (κ2) is 8.35. The Bertz CT molecular complexity index is 890. The van der Waals surface area contributed by atoms with Gasteiger partial charge in [0.25, 0.3) is 5.56 Å². The maximum atomic E-state index is 12.5. The summed E-state index contributed by atoms with van der Waals surface area (Å²) in [6, 6.07) is 20.5. The Morgan fingerprint density at radius 2 is 1.65 bits per heavy atom. The molecule has 0 unspecified atom stereocenters. The number of hydrogen-bond donors (Lipinski definition) is 3. The quantitative estimate of drug-likeness (QED) is 0.459. The summed E-state index contributed by atoms with van der Waals surface area (Å²) in [6.45, 7) is 0. The topological polar surface area (TPSA) is 101 Å². The molecule has 26 heavy (non-hydrogen) atoms. The van der Waals surface area contributed by atoms with Gasteiger partial charge in [0.2, 0.25) is 5.91 Å². The number of nitrogens with zero attached hydrogens (tertiary/aromatic N) is 1. The molecule has 0 saturated heterocycles. The number of aromatic nitrogens is 2. The summed E-state index contributed by atoms with van der Waals surface area (Å²) >= 11 is 1.13. The Morgan fingerprint density at radius 1 is 1.08 bits per heavy atom. The average molecular weight is 366 g/mol. The number of hydrogen-bond acceptors (Lipinski definition) is 5. The second-order valence-electron chi connectivity index (χ2n) is 5.59. The molecule has 0 atom stereocenters. The number of anilines is 1. The maximum absolute atomic E-state index is 12.5. The van der Waals surface area contributed by atoms with Crippen molar-refractivity contribution in [3.8, 4) is 0 Å². The molecule has 0 fully saturated rings. The summed E-state index contributed by atoms with van der Waals surface area (Å²) < 4.78 is 0. The van der Waals surface area contributed by atoms with Crippen LogP contribution in [0, 0.1) is 0 Å². The number of nitrogens with one attached hydrogen (secondary N) is 2. The molecule has 2 aromatic carbocycles. The molecule has 0 radical (unpaired) electrons. The number of benzene rings is 2. The highest BCUT2D eigenvalue weighted by atomic mass is 32.2. The van der Waals surface area contributed by atoms with Crippen LogP contribution in [0.1, 0.15) is 17.2 Å². The molecule has 6 nitrogen and oxygen atoms in total. The van der Waals surface area contributed by atoms with Gasteiger partial charge in [0.15, 0.2) is 5.16 Å². The molecular formula is C19H18N4O2S. The number of rotatable bonds is 6. The first-order valence-corrected chi connectivity index (χ1v) is 8.99. The van der Waals surface area contributed by atoms with E-state index < -0.39 is 0 Å². The van der Waals surface area contributed by atoms with Crippen molar-refractivity contribution in [2.45, 2.75) is 11.2 Å². The number of nitrogen functional groups attached to an aromatic ring is 1. The Labute approximate surface area is 154 Å². The predicted molar refractivity (Wildman–Crippen MR) is 103 cm³/mol. The van der Waals surface area contributed by atoms with E-state index in [0.717, 1.165) is 22.9 Å². The van der Waals surface area contributed by atoms with Crippen molar-refractivity contribution in [2.75, 3.05) is 11.5 Å². The van der Waals surface area contributed by atoms with Crippen LogP contribution in [-0.2, 0) is 4.79 Å². The summed E-state index contributed by atoms with van der Waals surface area (Å²) in [5.74, 6) is 0.0728. The molecule has 0 spiro atoms. The molecule has 0 aliphatic heterocycles. The number of carbonyl (C=O) groups excluding carboxylic acids is 1. The van der Waals surface area contributed by atoms with Gasteiger partial charge in [-0.05, 0) is 11.1 Å². The van der Waals surface area contributed by atoms with E-state index in [2.05, 4.69) is 15.3 Å². The van der Waals surface area contributed by atoms with Gasteiger partial charge >= 0.3 is 0 Å². The van der Waals surface area contributed by atoms with E-state index in [1.807, 2.05) is 60.7 Å². The number of nitrogens with two attached hydrogens (primary N) is 1. The zero-order valence-electron chi connectivity index (χ0n) is 13.9. The van der Waals surface area contributed by atoms with E-state index in [9.17, 15) is 9.59 Å². The number of aromatic amines is 1. The van der Waals surface area contributed by atoms with Crippen LogP contribution in [-0.4, -0.2) is 21.6 Å². The Balaban J connectivity index is 1.72. The molecular weight excluding hydrogens is 348 g/mol. The van der Waals surface area contributed by atoms with Crippen LogP contribution in [0.5, 0.6) is 0 Å². The molecule has 1 aromatic heterocycles. The van der Waals surface area contributed by atoms with Crippen LogP contribution < -0.4 is 16.6 Å². The first-order valence-electron chi connectivity index (χ1n) is 8.01. The summed E-state index contributed by atoms with van der Waals surface area (Å²) in [5, 5.41) is 3.36. The molecule has 0 aliphatic carbocycles. The van der Waals surface area contributed by atoms with Crippen molar-refractivity contribution >= 4 is 23.5 Å². The number of carbonyl (C=O) groups is 1. The number of H-pyrrole nitrogens is 1. The van der Waals surface area contributed by atoms with E-state index in [1.165, 1.54) is 6.07 Å². The summed E-state index contributed by atoms with van der Waals surface area (Å²) in [4.78, 5) is 30.4. The van der Waals surface area contributed by atoms with E-state index >= 15 is 0 Å². The van der Waals surface area contributed by atoms with Crippen LogP contribution >= 0.6 is 11.8 Å². The van der Waals surface area contributed by atoms with Crippen molar-refractivity contribution in [1.82, 2.24) is 15.3 Å². The van der Waals surface area contributed by atoms with E-state index in [4.69, 9.17) is 5.73 Å². The average Bonchev–Trinajstić information content (AvgIpc) is 2.65. The largest absolute Gasteiger partial charge is 0.383 e. The fourth-order valence-electron chi connectivity index (χ4n) is 2.51. The molecule has 0 bridgehead atoms. The fraction of sp³-hybridized carbons (Fsp3) is 0.105. The van der Waals surface area contributed by atoms with Gasteiger partial charge < -0.3 is 16.0 Å². The Kier molecular flexibility index (Phi) is 5.70. The van der Waals surface area contributed by atoms with Gasteiger partial charge in [-0.25, -0.2) is 4.98 Å². The van der Waals surface area contributed by atoms with Crippen LogP contribution in [0.2, 0.25) is 0 Å². The molecule has 1 heterocycles. The molecule has 132 valence electrons. The Morgan fingerprint density at radius 3 is 2.19 bits per heavy atom. The molecule has 3 rings (SSSR count). The van der Waals surface area contributed by atoms with Crippen molar-refractivity contribution < 1.29 is 4.79 Å². The SMILES string of the molecule is Nc1cc(=O)[nH]c(SCC(=O)NC(c2ccccc2)c2ccccc2)n1. The van der Waals surface area contributed by atoms with Crippen LogP contribution in [0.15, 0.2) is 76.7 Å². The molecule has 1 amide bonds. The standard InChI is InChI=1S/C19H18N4O2S/c20-15-11-16(24)23-19(21-15)26-12-17(25)22-18(13-7-3-1-4-8-13)14-9-5-2-6-10-14/h1-11,18H,12H2,(H,22,25)(H3,20,21,23,24). The highest BCUT2D eigenvalue weighted by Crippen LogP contribution is 2.22. The first kappa shape index (κ1) is 17.8.